The molecular weight excluding hydrogens is 240 g/mol. The molecule has 1 aromatic carbocycles. The average Bonchev–Trinajstić information content (AvgIpc) is 2.37. The van der Waals surface area contributed by atoms with E-state index in [0.717, 1.165) is 5.56 Å². The molecule has 0 fully saturated rings. The van der Waals surface area contributed by atoms with Gasteiger partial charge in [0, 0.05) is 18.7 Å². The van der Waals surface area contributed by atoms with Gasteiger partial charge in [0.2, 0.25) is 0 Å². The zero-order valence-corrected chi connectivity index (χ0v) is 12.3. The Morgan fingerprint density at radius 3 is 2.37 bits per heavy atom. The van der Waals surface area contributed by atoms with Crippen molar-refractivity contribution < 1.29 is 9.53 Å². The lowest BCUT2D eigenvalue weighted by molar-refractivity contribution is 0.0994. The minimum Gasteiger partial charge on any atom is -0.465 e. The van der Waals surface area contributed by atoms with Gasteiger partial charge in [-0.2, -0.15) is 4.99 Å². The van der Waals surface area contributed by atoms with Crippen LogP contribution in [0.15, 0.2) is 29.3 Å². The first kappa shape index (κ1) is 15.2. The van der Waals surface area contributed by atoms with Crippen LogP contribution >= 0.6 is 0 Å². The molecule has 4 nitrogen and oxygen atoms in total. The molecule has 0 aliphatic rings. The lowest BCUT2D eigenvalue weighted by atomic mass is 10.1. The molecule has 1 aromatic rings. The second kappa shape index (κ2) is 6.92. The maximum absolute atomic E-state index is 12.1. The molecule has 19 heavy (non-hydrogen) atoms. The smallest absolute Gasteiger partial charge is 0.295 e. The largest absolute Gasteiger partial charge is 0.465 e. The molecule has 0 aliphatic carbocycles. The van der Waals surface area contributed by atoms with E-state index in [2.05, 4.69) is 4.99 Å². The number of aryl methyl sites for hydroxylation is 1. The molecule has 0 spiro atoms. The molecule has 0 bridgehead atoms. The van der Waals surface area contributed by atoms with Crippen LogP contribution in [0.4, 0.5) is 0 Å². The Bertz CT molecular complexity index is 450. The van der Waals surface area contributed by atoms with Crippen LogP contribution in [0.5, 0.6) is 0 Å². The van der Waals surface area contributed by atoms with Gasteiger partial charge in [0.15, 0.2) is 0 Å². The summed E-state index contributed by atoms with van der Waals surface area (Å²) < 4.78 is 5.44. The summed E-state index contributed by atoms with van der Waals surface area (Å²) in [4.78, 5) is 18.0. The number of benzene rings is 1. The molecule has 0 heterocycles. The number of ether oxygens (including phenoxy) is 1. The summed E-state index contributed by atoms with van der Waals surface area (Å²) in [5.41, 5.74) is 1.69. The van der Waals surface area contributed by atoms with Gasteiger partial charge in [-0.25, -0.2) is 0 Å². The second-order valence-electron chi connectivity index (χ2n) is 4.70. The Morgan fingerprint density at radius 2 is 1.89 bits per heavy atom. The molecule has 0 aromatic heterocycles. The first-order chi connectivity index (χ1) is 8.95. The van der Waals surface area contributed by atoms with Gasteiger partial charge in [0.25, 0.3) is 11.9 Å². The minimum absolute atomic E-state index is 0.219. The van der Waals surface area contributed by atoms with Crippen LogP contribution in [-0.2, 0) is 4.74 Å². The molecule has 0 saturated carbocycles. The molecule has 4 heteroatoms. The molecular formula is C15H22N2O2. The quantitative estimate of drug-likeness (QED) is 0.621. The van der Waals surface area contributed by atoms with Crippen LogP contribution in [0.1, 0.15) is 36.7 Å². The first-order valence-corrected chi connectivity index (χ1v) is 6.51. The standard InChI is InChI=1S/C15H22N2O2/c1-6-19-15(17(5)11(2)3)16-14(18)13-9-7-12(4)8-10-13/h7-11H,6H2,1-5H3. The number of amides is 1. The van der Waals surface area contributed by atoms with Crippen LogP contribution in [0.3, 0.4) is 0 Å². The second-order valence-corrected chi connectivity index (χ2v) is 4.70. The van der Waals surface area contributed by atoms with E-state index >= 15 is 0 Å². The van der Waals surface area contributed by atoms with E-state index in [0.29, 0.717) is 18.2 Å². The third kappa shape index (κ3) is 4.39. The Hall–Kier alpha value is -1.84. The summed E-state index contributed by atoms with van der Waals surface area (Å²) >= 11 is 0. The molecule has 1 amide bonds. The number of carbonyl (C=O) groups is 1. The van der Waals surface area contributed by atoms with Gasteiger partial charge in [0.05, 0.1) is 6.61 Å². The van der Waals surface area contributed by atoms with E-state index in [1.807, 2.05) is 51.8 Å². The van der Waals surface area contributed by atoms with Gasteiger partial charge in [0.1, 0.15) is 0 Å². The molecule has 0 saturated heterocycles. The van der Waals surface area contributed by atoms with Crippen molar-refractivity contribution in [2.75, 3.05) is 13.7 Å². The molecule has 0 aliphatic heterocycles. The maximum atomic E-state index is 12.1. The topological polar surface area (TPSA) is 41.9 Å². The fourth-order valence-electron chi connectivity index (χ4n) is 1.41. The highest BCUT2D eigenvalue weighted by molar-refractivity contribution is 6.01. The monoisotopic (exact) mass is 262 g/mol. The van der Waals surface area contributed by atoms with Gasteiger partial charge >= 0.3 is 0 Å². The fourth-order valence-corrected chi connectivity index (χ4v) is 1.41. The number of carbonyl (C=O) groups excluding carboxylic acids is 1. The number of hydrogen-bond donors (Lipinski definition) is 0. The highest BCUT2D eigenvalue weighted by atomic mass is 16.5. The average molecular weight is 262 g/mol. The third-order valence-corrected chi connectivity index (χ3v) is 2.85. The summed E-state index contributed by atoms with van der Waals surface area (Å²) in [6, 6.07) is 7.93. The van der Waals surface area contributed by atoms with Crippen molar-refractivity contribution in [2.45, 2.75) is 33.7 Å². The van der Waals surface area contributed by atoms with Crippen molar-refractivity contribution >= 4 is 11.9 Å². The lowest BCUT2D eigenvalue weighted by Gasteiger charge is -2.24. The summed E-state index contributed by atoms with van der Waals surface area (Å²) in [6.07, 6.45) is 0. The fraction of sp³-hybridized carbons (Fsp3) is 0.467. The molecule has 104 valence electrons. The summed E-state index contributed by atoms with van der Waals surface area (Å²) in [7, 11) is 1.86. The highest BCUT2D eigenvalue weighted by Crippen LogP contribution is 2.06. The van der Waals surface area contributed by atoms with Crippen LogP contribution in [0, 0.1) is 6.92 Å². The van der Waals surface area contributed by atoms with Crippen molar-refractivity contribution in [1.82, 2.24) is 4.90 Å². The maximum Gasteiger partial charge on any atom is 0.295 e. The number of amidine groups is 1. The van der Waals surface area contributed by atoms with Crippen LogP contribution in [0.2, 0.25) is 0 Å². The summed E-state index contributed by atoms with van der Waals surface area (Å²) in [5.74, 6) is -0.282. The number of aliphatic imine (C=N–C) groups is 1. The van der Waals surface area contributed by atoms with Gasteiger partial charge in [-0.05, 0) is 39.8 Å². The highest BCUT2D eigenvalue weighted by Gasteiger charge is 2.14. The molecule has 0 atom stereocenters. The number of rotatable bonds is 3. The SMILES string of the molecule is CCOC(=NC(=O)c1ccc(C)cc1)N(C)C(C)C. The Morgan fingerprint density at radius 1 is 1.32 bits per heavy atom. The van der Waals surface area contributed by atoms with E-state index in [1.165, 1.54) is 0 Å². The van der Waals surface area contributed by atoms with Crippen LogP contribution in [0.25, 0.3) is 0 Å². The minimum atomic E-state index is -0.282. The van der Waals surface area contributed by atoms with Crippen molar-refractivity contribution in [1.29, 1.82) is 0 Å². The van der Waals surface area contributed by atoms with Crippen molar-refractivity contribution in [3.8, 4) is 0 Å². The van der Waals surface area contributed by atoms with Crippen molar-refractivity contribution in [2.24, 2.45) is 4.99 Å². The first-order valence-electron chi connectivity index (χ1n) is 6.51. The third-order valence-electron chi connectivity index (χ3n) is 2.85. The Kier molecular flexibility index (Phi) is 5.55. The summed E-state index contributed by atoms with van der Waals surface area (Å²) in [5, 5.41) is 0. The Labute approximate surface area is 115 Å². The zero-order valence-electron chi connectivity index (χ0n) is 12.3. The Balaban J connectivity index is 2.95. The predicted molar refractivity (Wildman–Crippen MR) is 77.5 cm³/mol. The van der Waals surface area contributed by atoms with Crippen molar-refractivity contribution in [3.05, 3.63) is 35.4 Å². The zero-order chi connectivity index (χ0) is 14.4. The van der Waals surface area contributed by atoms with Gasteiger partial charge < -0.3 is 9.64 Å². The molecule has 0 N–H and O–H groups in total. The van der Waals surface area contributed by atoms with Gasteiger partial charge in [-0.1, -0.05) is 17.7 Å². The lowest BCUT2D eigenvalue weighted by Crippen LogP contribution is -2.35. The van der Waals surface area contributed by atoms with E-state index in [1.54, 1.807) is 12.1 Å². The molecule has 1 rings (SSSR count). The van der Waals surface area contributed by atoms with E-state index in [-0.39, 0.29) is 11.9 Å². The van der Waals surface area contributed by atoms with Gasteiger partial charge in [-0.15, -0.1) is 0 Å². The van der Waals surface area contributed by atoms with E-state index < -0.39 is 0 Å². The normalized spacial score (nSPS) is 11.6. The van der Waals surface area contributed by atoms with Crippen LogP contribution < -0.4 is 0 Å². The van der Waals surface area contributed by atoms with E-state index in [9.17, 15) is 4.79 Å². The van der Waals surface area contributed by atoms with E-state index in [4.69, 9.17) is 4.74 Å². The molecule has 0 unspecified atom stereocenters. The summed E-state index contributed by atoms with van der Waals surface area (Å²) in [6.45, 7) is 8.38. The predicted octanol–water partition coefficient (Wildman–Crippen LogP) is 2.87. The van der Waals surface area contributed by atoms with Crippen molar-refractivity contribution in [3.63, 3.8) is 0 Å². The molecule has 0 radical (unpaired) electrons. The number of nitrogens with zero attached hydrogens (tertiary/aromatic N) is 2. The van der Waals surface area contributed by atoms with Crippen LogP contribution in [-0.4, -0.2) is 36.5 Å². The number of hydrogen-bond acceptors (Lipinski definition) is 2. The van der Waals surface area contributed by atoms with Gasteiger partial charge in [-0.3, -0.25) is 4.79 Å².